The van der Waals surface area contributed by atoms with Gasteiger partial charge in [-0.3, -0.25) is 4.79 Å². The van der Waals surface area contributed by atoms with E-state index in [-0.39, 0.29) is 6.42 Å². The van der Waals surface area contributed by atoms with Crippen molar-refractivity contribution in [2.75, 3.05) is 11.4 Å². The van der Waals surface area contributed by atoms with Gasteiger partial charge in [-0.25, -0.2) is 4.79 Å². The van der Waals surface area contributed by atoms with E-state index >= 15 is 0 Å². The van der Waals surface area contributed by atoms with E-state index in [9.17, 15) is 14.7 Å². The van der Waals surface area contributed by atoms with Crippen LogP contribution in [-0.4, -0.2) is 34.6 Å². The van der Waals surface area contributed by atoms with Gasteiger partial charge in [-0.05, 0) is 13.0 Å². The number of fused-ring (bicyclic) bond motifs is 1. The number of amides is 1. The number of nitrogens with one attached hydrogen (secondary N) is 1. The minimum atomic E-state index is -1.06. The lowest BCUT2D eigenvalue weighted by molar-refractivity contribution is -0.140. The van der Waals surface area contributed by atoms with Gasteiger partial charge in [0.1, 0.15) is 6.04 Å². The molecule has 6 nitrogen and oxygen atoms in total. The van der Waals surface area contributed by atoms with Crippen molar-refractivity contribution >= 4 is 28.5 Å². The number of carbonyl (C=O) groups excluding carboxylic acids is 1. The summed E-state index contributed by atoms with van der Waals surface area (Å²) in [7, 11) is 0. The molecule has 0 radical (unpaired) electrons. The molecule has 0 fully saturated rings. The molecule has 1 aromatic carbocycles. The fraction of sp³-hybridized carbons (Fsp3) is 0.286. The first-order valence-corrected chi connectivity index (χ1v) is 6.38. The van der Waals surface area contributed by atoms with Gasteiger partial charge in [-0.2, -0.15) is 0 Å². The number of primary amides is 1. The molecule has 1 atom stereocenters. The Morgan fingerprint density at radius 2 is 2.10 bits per heavy atom. The molecule has 1 aromatic heterocycles. The lowest BCUT2D eigenvalue weighted by Crippen LogP contribution is -2.43. The van der Waals surface area contributed by atoms with Gasteiger partial charge in [0, 0.05) is 23.6 Å². The first-order valence-electron chi connectivity index (χ1n) is 6.38. The van der Waals surface area contributed by atoms with Gasteiger partial charge in [0.15, 0.2) is 0 Å². The predicted molar refractivity (Wildman–Crippen MR) is 76.6 cm³/mol. The van der Waals surface area contributed by atoms with Gasteiger partial charge >= 0.3 is 5.97 Å². The van der Waals surface area contributed by atoms with Crippen LogP contribution < -0.4 is 10.6 Å². The largest absolute Gasteiger partial charge is 0.480 e. The molecule has 106 valence electrons. The van der Waals surface area contributed by atoms with Crippen molar-refractivity contribution in [3.8, 4) is 0 Å². The summed E-state index contributed by atoms with van der Waals surface area (Å²) in [6.07, 6.45) is 1.54. The van der Waals surface area contributed by atoms with E-state index in [0.29, 0.717) is 6.54 Å². The minimum absolute atomic E-state index is 0.220. The van der Waals surface area contributed by atoms with Gasteiger partial charge in [0.05, 0.1) is 12.1 Å². The highest BCUT2D eigenvalue weighted by Gasteiger charge is 2.28. The van der Waals surface area contributed by atoms with Crippen LogP contribution in [0.25, 0.3) is 10.9 Å². The summed E-state index contributed by atoms with van der Waals surface area (Å²) in [5, 5.41) is 10.3. The number of hydrogen-bond donors (Lipinski definition) is 3. The summed E-state index contributed by atoms with van der Waals surface area (Å²) in [4.78, 5) is 27.3. The number of rotatable bonds is 6. The smallest absolute Gasteiger partial charge is 0.326 e. The Kier molecular flexibility index (Phi) is 3.93. The number of anilines is 1. The Bertz CT molecular complexity index is 635. The summed E-state index contributed by atoms with van der Waals surface area (Å²) in [6, 6.07) is 6.65. The lowest BCUT2D eigenvalue weighted by atomic mass is 10.1. The molecule has 0 aliphatic carbocycles. The number of nitrogens with two attached hydrogens (primary N) is 1. The first kappa shape index (κ1) is 13.9. The van der Waals surface area contributed by atoms with Crippen molar-refractivity contribution in [1.82, 2.24) is 4.98 Å². The van der Waals surface area contributed by atoms with Crippen LogP contribution in [0.1, 0.15) is 13.3 Å². The van der Waals surface area contributed by atoms with Crippen molar-refractivity contribution in [1.29, 1.82) is 0 Å². The van der Waals surface area contributed by atoms with Crippen LogP contribution in [0.4, 0.5) is 5.69 Å². The van der Waals surface area contributed by atoms with Crippen molar-refractivity contribution in [2.24, 2.45) is 5.73 Å². The van der Waals surface area contributed by atoms with Crippen LogP contribution in [0.3, 0.4) is 0 Å². The second kappa shape index (κ2) is 5.64. The topological polar surface area (TPSA) is 99.4 Å². The molecule has 1 heterocycles. The normalized spacial score (nSPS) is 12.2. The second-order valence-corrected chi connectivity index (χ2v) is 4.53. The number of aromatic nitrogens is 1. The Morgan fingerprint density at radius 3 is 2.70 bits per heavy atom. The summed E-state index contributed by atoms with van der Waals surface area (Å²) < 4.78 is 0. The van der Waals surface area contributed by atoms with E-state index in [1.165, 1.54) is 0 Å². The number of hydrogen-bond acceptors (Lipinski definition) is 3. The number of benzene rings is 1. The zero-order valence-electron chi connectivity index (χ0n) is 11.2. The Balaban J connectivity index is 2.44. The van der Waals surface area contributed by atoms with Gasteiger partial charge in [-0.15, -0.1) is 0 Å². The van der Waals surface area contributed by atoms with Crippen molar-refractivity contribution < 1.29 is 14.7 Å². The van der Waals surface area contributed by atoms with Crippen LogP contribution in [0, 0.1) is 0 Å². The third-order valence-corrected chi connectivity index (χ3v) is 3.27. The first-order chi connectivity index (χ1) is 9.54. The van der Waals surface area contributed by atoms with Gasteiger partial charge in [0.2, 0.25) is 5.91 Å². The van der Waals surface area contributed by atoms with E-state index in [1.807, 2.05) is 31.2 Å². The third kappa shape index (κ3) is 2.59. The van der Waals surface area contributed by atoms with Crippen molar-refractivity contribution in [3.63, 3.8) is 0 Å². The maximum Gasteiger partial charge on any atom is 0.326 e. The Morgan fingerprint density at radius 1 is 1.40 bits per heavy atom. The lowest BCUT2D eigenvalue weighted by Gasteiger charge is -2.28. The molecule has 0 aliphatic heterocycles. The molecular weight excluding hydrogens is 258 g/mol. The number of para-hydroxylation sites is 1. The molecule has 0 saturated heterocycles. The van der Waals surface area contributed by atoms with Gasteiger partial charge in [-0.1, -0.05) is 18.2 Å². The molecule has 0 saturated carbocycles. The summed E-state index contributed by atoms with van der Waals surface area (Å²) in [6.45, 7) is 2.31. The monoisotopic (exact) mass is 275 g/mol. The van der Waals surface area contributed by atoms with E-state index < -0.39 is 17.9 Å². The van der Waals surface area contributed by atoms with E-state index in [4.69, 9.17) is 5.73 Å². The molecule has 2 rings (SSSR count). The summed E-state index contributed by atoms with van der Waals surface area (Å²) in [5.74, 6) is -1.69. The highest BCUT2D eigenvalue weighted by Crippen LogP contribution is 2.28. The Hall–Kier alpha value is -2.50. The fourth-order valence-corrected chi connectivity index (χ4v) is 2.37. The molecule has 6 heteroatoms. The number of carbonyl (C=O) groups is 2. The molecule has 0 aliphatic rings. The van der Waals surface area contributed by atoms with Crippen molar-refractivity contribution in [2.45, 2.75) is 19.4 Å². The van der Waals surface area contributed by atoms with E-state index in [2.05, 4.69) is 4.98 Å². The number of aromatic amines is 1. The zero-order chi connectivity index (χ0) is 14.7. The average Bonchev–Trinajstić information content (AvgIpc) is 2.82. The highest BCUT2D eigenvalue weighted by atomic mass is 16.4. The predicted octanol–water partition coefficient (Wildman–Crippen LogP) is 1.32. The van der Waals surface area contributed by atoms with E-state index in [1.54, 1.807) is 11.1 Å². The van der Waals surface area contributed by atoms with Crippen LogP contribution in [0.5, 0.6) is 0 Å². The van der Waals surface area contributed by atoms with Gasteiger partial charge in [0.25, 0.3) is 0 Å². The standard InChI is InChI=1S/C14H17N3O3/c1-2-17(11(14(19)20)7-13(15)18)12-8-16-10-6-4-3-5-9(10)12/h3-6,8,11,16H,2,7H2,1H3,(H2,15,18)(H,19,20)/t11-/m0/s1. The number of H-pyrrole nitrogens is 1. The number of nitrogens with zero attached hydrogens (tertiary/aromatic N) is 1. The number of likely N-dealkylation sites (N-methyl/N-ethyl adjacent to an activating group) is 1. The molecule has 0 spiro atoms. The maximum absolute atomic E-state index is 11.4. The molecule has 2 aromatic rings. The van der Waals surface area contributed by atoms with Crippen LogP contribution >= 0.6 is 0 Å². The molecule has 0 bridgehead atoms. The van der Waals surface area contributed by atoms with Crippen molar-refractivity contribution in [3.05, 3.63) is 30.5 Å². The highest BCUT2D eigenvalue weighted by molar-refractivity contribution is 5.95. The summed E-state index contributed by atoms with van der Waals surface area (Å²) >= 11 is 0. The average molecular weight is 275 g/mol. The molecule has 4 N–H and O–H groups in total. The fourth-order valence-electron chi connectivity index (χ4n) is 2.37. The van der Waals surface area contributed by atoms with Crippen LogP contribution in [-0.2, 0) is 9.59 Å². The van der Waals surface area contributed by atoms with Gasteiger partial charge < -0.3 is 20.7 Å². The molecule has 1 amide bonds. The molecule has 20 heavy (non-hydrogen) atoms. The number of aliphatic carboxylic acids is 1. The van der Waals surface area contributed by atoms with Crippen LogP contribution in [0.2, 0.25) is 0 Å². The minimum Gasteiger partial charge on any atom is -0.480 e. The SMILES string of the molecule is CCN(c1c[nH]c2ccccc12)[C@@H](CC(N)=O)C(=O)O. The molecule has 0 unspecified atom stereocenters. The number of carboxylic acid groups (broad SMARTS) is 1. The third-order valence-electron chi connectivity index (χ3n) is 3.27. The maximum atomic E-state index is 11.4. The molecular formula is C14H17N3O3. The quantitative estimate of drug-likeness (QED) is 0.740. The Labute approximate surface area is 116 Å². The van der Waals surface area contributed by atoms with E-state index in [0.717, 1.165) is 16.6 Å². The number of carboxylic acids is 1. The zero-order valence-corrected chi connectivity index (χ0v) is 11.2. The second-order valence-electron chi connectivity index (χ2n) is 4.53. The van der Waals surface area contributed by atoms with Crippen LogP contribution in [0.15, 0.2) is 30.5 Å². The summed E-state index contributed by atoms with van der Waals surface area (Å²) in [5.41, 5.74) is 6.83.